The molecule has 0 radical (unpaired) electrons. The molecule has 0 fully saturated rings. The Morgan fingerprint density at radius 1 is 1.27 bits per heavy atom. The first kappa shape index (κ1) is 12.1. The fourth-order valence-corrected chi connectivity index (χ4v) is 1.49. The van der Waals surface area contributed by atoms with Gasteiger partial charge in [0.15, 0.2) is 0 Å². The Labute approximate surface area is 92.6 Å². The second kappa shape index (κ2) is 5.76. The molecule has 15 heavy (non-hydrogen) atoms. The summed E-state index contributed by atoms with van der Waals surface area (Å²) in [6, 6.07) is 6.43. The number of nitrogens with one attached hydrogen (secondary N) is 1. The van der Waals surface area contributed by atoms with Crippen molar-refractivity contribution in [1.29, 1.82) is 0 Å². The second-order valence-corrected chi connectivity index (χ2v) is 4.16. The number of hydrogen-bond acceptors (Lipinski definition) is 2. The molecule has 1 aromatic rings. The van der Waals surface area contributed by atoms with E-state index >= 15 is 0 Å². The fourth-order valence-electron chi connectivity index (χ4n) is 1.49. The van der Waals surface area contributed by atoms with Crippen LogP contribution in [0.2, 0.25) is 0 Å². The molecule has 0 saturated carbocycles. The van der Waals surface area contributed by atoms with Crippen LogP contribution in [-0.2, 0) is 4.74 Å². The maximum atomic E-state index is 5.46. The highest BCUT2D eigenvalue weighted by molar-refractivity contribution is 5.51. The largest absolute Gasteiger partial charge is 0.383 e. The summed E-state index contributed by atoms with van der Waals surface area (Å²) in [5.74, 6) is 0. The zero-order valence-electron chi connectivity index (χ0n) is 10.1. The van der Waals surface area contributed by atoms with Gasteiger partial charge in [-0.25, -0.2) is 0 Å². The molecule has 1 aromatic carbocycles. The number of hydrogen-bond donors (Lipinski definition) is 1. The first-order chi connectivity index (χ1) is 7.09. The minimum Gasteiger partial charge on any atom is -0.383 e. The van der Waals surface area contributed by atoms with Crippen LogP contribution in [0.15, 0.2) is 18.2 Å². The van der Waals surface area contributed by atoms with Crippen molar-refractivity contribution in [2.45, 2.75) is 33.8 Å². The summed E-state index contributed by atoms with van der Waals surface area (Å²) < 4.78 is 5.46. The Morgan fingerprint density at radius 2 is 2.00 bits per heavy atom. The number of benzene rings is 1. The second-order valence-electron chi connectivity index (χ2n) is 4.16. The summed E-state index contributed by atoms with van der Waals surface area (Å²) in [5.41, 5.74) is 3.80. The zero-order chi connectivity index (χ0) is 11.3. The molecule has 0 spiro atoms. The predicted octanol–water partition coefficient (Wildman–Crippen LogP) is 3.14. The van der Waals surface area contributed by atoms with Gasteiger partial charge in [-0.05, 0) is 39.3 Å². The van der Waals surface area contributed by atoms with Gasteiger partial charge in [-0.2, -0.15) is 0 Å². The summed E-state index contributed by atoms with van der Waals surface area (Å²) in [4.78, 5) is 0. The monoisotopic (exact) mass is 207 g/mol. The van der Waals surface area contributed by atoms with Gasteiger partial charge in [0.05, 0.1) is 12.7 Å². The van der Waals surface area contributed by atoms with Gasteiger partial charge in [0, 0.05) is 12.2 Å². The molecule has 2 heteroatoms. The topological polar surface area (TPSA) is 21.3 Å². The van der Waals surface area contributed by atoms with Crippen molar-refractivity contribution in [3.63, 3.8) is 0 Å². The van der Waals surface area contributed by atoms with Crippen LogP contribution in [0.4, 0.5) is 5.69 Å². The molecule has 0 aliphatic heterocycles. The Balaban J connectivity index is 2.37. The molecule has 0 saturated heterocycles. The van der Waals surface area contributed by atoms with Gasteiger partial charge in [-0.15, -0.1) is 0 Å². The molecule has 0 heterocycles. The van der Waals surface area contributed by atoms with Gasteiger partial charge >= 0.3 is 0 Å². The Morgan fingerprint density at radius 3 is 2.60 bits per heavy atom. The number of ether oxygens (including phenoxy) is 1. The van der Waals surface area contributed by atoms with Crippen LogP contribution < -0.4 is 5.32 Å². The van der Waals surface area contributed by atoms with E-state index in [1.54, 1.807) is 0 Å². The number of rotatable bonds is 5. The van der Waals surface area contributed by atoms with Crippen LogP contribution in [-0.4, -0.2) is 19.3 Å². The fraction of sp³-hybridized carbons (Fsp3) is 0.538. The molecule has 0 aliphatic carbocycles. The maximum absolute atomic E-state index is 5.46. The van der Waals surface area contributed by atoms with Crippen LogP contribution in [0.25, 0.3) is 0 Å². The van der Waals surface area contributed by atoms with Crippen molar-refractivity contribution in [3.8, 4) is 0 Å². The van der Waals surface area contributed by atoms with E-state index in [-0.39, 0.29) is 0 Å². The first-order valence-electron chi connectivity index (χ1n) is 5.52. The zero-order valence-corrected chi connectivity index (χ0v) is 10.1. The van der Waals surface area contributed by atoms with E-state index in [0.717, 1.165) is 13.2 Å². The van der Waals surface area contributed by atoms with Crippen LogP contribution in [0, 0.1) is 13.8 Å². The lowest BCUT2D eigenvalue weighted by Gasteiger charge is -2.11. The normalized spacial score (nSPS) is 10.7. The van der Waals surface area contributed by atoms with Crippen molar-refractivity contribution in [2.75, 3.05) is 18.5 Å². The summed E-state index contributed by atoms with van der Waals surface area (Å²) in [7, 11) is 0. The molecular formula is C13H21NO. The molecule has 1 N–H and O–H groups in total. The van der Waals surface area contributed by atoms with E-state index < -0.39 is 0 Å². The molecule has 2 nitrogen and oxygen atoms in total. The van der Waals surface area contributed by atoms with Crippen LogP contribution >= 0.6 is 0 Å². The molecule has 0 bridgehead atoms. The van der Waals surface area contributed by atoms with Crippen LogP contribution in [0.1, 0.15) is 25.0 Å². The van der Waals surface area contributed by atoms with Crippen molar-refractivity contribution in [2.24, 2.45) is 0 Å². The van der Waals surface area contributed by atoms with Crippen LogP contribution in [0.3, 0.4) is 0 Å². The maximum Gasteiger partial charge on any atom is 0.0642 e. The highest BCUT2D eigenvalue weighted by Gasteiger charge is 1.97. The highest BCUT2D eigenvalue weighted by Crippen LogP contribution is 2.15. The van der Waals surface area contributed by atoms with Crippen LogP contribution in [0.5, 0.6) is 0 Å². The molecule has 0 unspecified atom stereocenters. The van der Waals surface area contributed by atoms with Gasteiger partial charge in [0.2, 0.25) is 0 Å². The van der Waals surface area contributed by atoms with E-state index in [2.05, 4.69) is 51.2 Å². The summed E-state index contributed by atoms with van der Waals surface area (Å²) in [6.07, 6.45) is 0.311. The van der Waals surface area contributed by atoms with Gasteiger partial charge in [-0.1, -0.05) is 17.7 Å². The molecule has 1 rings (SSSR count). The van der Waals surface area contributed by atoms with Gasteiger partial charge in [-0.3, -0.25) is 0 Å². The third-order valence-corrected chi connectivity index (χ3v) is 2.25. The lowest BCUT2D eigenvalue weighted by Crippen LogP contribution is -2.13. The summed E-state index contributed by atoms with van der Waals surface area (Å²) >= 11 is 0. The average Bonchev–Trinajstić information content (AvgIpc) is 2.14. The van der Waals surface area contributed by atoms with E-state index in [9.17, 15) is 0 Å². The highest BCUT2D eigenvalue weighted by atomic mass is 16.5. The predicted molar refractivity (Wildman–Crippen MR) is 65.5 cm³/mol. The van der Waals surface area contributed by atoms with Gasteiger partial charge in [0.25, 0.3) is 0 Å². The minimum atomic E-state index is 0.311. The van der Waals surface area contributed by atoms with Crippen molar-refractivity contribution in [3.05, 3.63) is 29.3 Å². The lowest BCUT2D eigenvalue weighted by atomic mass is 10.1. The van der Waals surface area contributed by atoms with Gasteiger partial charge < -0.3 is 10.1 Å². The Kier molecular flexibility index (Phi) is 4.63. The van der Waals surface area contributed by atoms with E-state index in [0.29, 0.717) is 6.10 Å². The third-order valence-electron chi connectivity index (χ3n) is 2.25. The van der Waals surface area contributed by atoms with E-state index in [1.807, 2.05) is 0 Å². The number of anilines is 1. The van der Waals surface area contributed by atoms with E-state index in [1.165, 1.54) is 16.8 Å². The van der Waals surface area contributed by atoms with Crippen molar-refractivity contribution < 1.29 is 4.74 Å². The molecule has 0 aromatic heterocycles. The first-order valence-corrected chi connectivity index (χ1v) is 5.52. The minimum absolute atomic E-state index is 0.311. The molecule has 0 aliphatic rings. The molecular weight excluding hydrogens is 186 g/mol. The van der Waals surface area contributed by atoms with Gasteiger partial charge in [0.1, 0.15) is 0 Å². The van der Waals surface area contributed by atoms with Crippen molar-refractivity contribution >= 4 is 5.69 Å². The standard InChI is InChI=1S/C13H21NO/c1-10(2)15-8-7-14-13-6-5-11(3)9-12(13)4/h5-6,9-10,14H,7-8H2,1-4H3. The smallest absolute Gasteiger partial charge is 0.0642 e. The SMILES string of the molecule is Cc1ccc(NCCOC(C)C)c(C)c1. The Bertz CT molecular complexity index is 307. The quantitative estimate of drug-likeness (QED) is 0.749. The lowest BCUT2D eigenvalue weighted by molar-refractivity contribution is 0.0870. The summed E-state index contributed by atoms with van der Waals surface area (Å²) in [5, 5.41) is 3.37. The molecule has 84 valence electrons. The average molecular weight is 207 g/mol. The third kappa shape index (κ3) is 4.34. The Hall–Kier alpha value is -1.02. The van der Waals surface area contributed by atoms with E-state index in [4.69, 9.17) is 4.74 Å². The van der Waals surface area contributed by atoms with Crippen molar-refractivity contribution in [1.82, 2.24) is 0 Å². The molecule has 0 amide bonds. The number of aryl methyl sites for hydroxylation is 2. The molecule has 0 atom stereocenters. The summed E-state index contributed by atoms with van der Waals surface area (Å²) in [6.45, 7) is 9.96.